The van der Waals surface area contributed by atoms with Crippen LogP contribution in [-0.4, -0.2) is 41.8 Å². The zero-order chi connectivity index (χ0) is 19.8. The van der Waals surface area contributed by atoms with Crippen LogP contribution in [0.4, 0.5) is 4.39 Å². The van der Waals surface area contributed by atoms with Crippen molar-refractivity contribution in [2.45, 2.75) is 13.0 Å². The van der Waals surface area contributed by atoms with Crippen LogP contribution in [0.25, 0.3) is 11.4 Å². The van der Waals surface area contributed by atoms with E-state index in [2.05, 4.69) is 30.8 Å². The number of aromatic nitrogens is 3. The van der Waals surface area contributed by atoms with E-state index in [4.69, 9.17) is 4.74 Å². The van der Waals surface area contributed by atoms with Crippen molar-refractivity contribution in [3.8, 4) is 17.1 Å². The van der Waals surface area contributed by atoms with Gasteiger partial charge in [0.25, 0.3) is 0 Å². The molecular weight excluding hydrogens is 359 g/mol. The predicted molar refractivity (Wildman–Crippen MR) is 107 cm³/mol. The highest BCUT2D eigenvalue weighted by molar-refractivity contribution is 5.79. The molecule has 8 heteroatoms. The molecule has 0 amide bonds. The summed E-state index contributed by atoms with van der Waals surface area (Å²) in [5, 5.41) is 13.5. The Balaban J connectivity index is 1.49. The molecule has 28 heavy (non-hydrogen) atoms. The third-order valence-corrected chi connectivity index (χ3v) is 4.12. The molecule has 3 rings (SSSR count). The minimum Gasteiger partial charge on any atom is -0.497 e. The minimum absolute atomic E-state index is 0.224. The van der Waals surface area contributed by atoms with E-state index in [0.717, 1.165) is 16.9 Å². The van der Waals surface area contributed by atoms with Crippen LogP contribution in [0, 0.1) is 5.82 Å². The summed E-state index contributed by atoms with van der Waals surface area (Å²) in [6.45, 7) is 1.08. The van der Waals surface area contributed by atoms with Crippen molar-refractivity contribution in [2.75, 3.05) is 20.7 Å². The first-order chi connectivity index (χ1) is 13.7. The smallest absolute Gasteiger partial charge is 0.191 e. The van der Waals surface area contributed by atoms with E-state index < -0.39 is 0 Å². The average molecular weight is 382 g/mol. The number of benzene rings is 2. The Morgan fingerprint density at radius 3 is 2.71 bits per heavy atom. The van der Waals surface area contributed by atoms with E-state index in [-0.39, 0.29) is 5.82 Å². The molecule has 0 saturated carbocycles. The van der Waals surface area contributed by atoms with E-state index in [9.17, 15) is 4.39 Å². The van der Waals surface area contributed by atoms with Gasteiger partial charge in [-0.15, -0.1) is 0 Å². The van der Waals surface area contributed by atoms with Gasteiger partial charge in [-0.25, -0.2) is 9.37 Å². The lowest BCUT2D eigenvalue weighted by molar-refractivity contribution is 0.415. The lowest BCUT2D eigenvalue weighted by atomic mass is 10.1. The normalized spacial score (nSPS) is 11.3. The molecule has 0 aliphatic heterocycles. The van der Waals surface area contributed by atoms with Crippen LogP contribution in [-0.2, 0) is 13.0 Å². The number of rotatable bonds is 7. The molecule has 0 bridgehead atoms. The first kappa shape index (κ1) is 19.3. The number of methoxy groups -OCH3 is 1. The van der Waals surface area contributed by atoms with E-state index in [1.165, 1.54) is 12.1 Å². The van der Waals surface area contributed by atoms with Crippen LogP contribution in [0.3, 0.4) is 0 Å². The number of ether oxygens (including phenoxy) is 1. The molecule has 0 fully saturated rings. The van der Waals surface area contributed by atoms with Gasteiger partial charge in [-0.05, 0) is 48.4 Å². The fraction of sp³-hybridized carbons (Fsp3) is 0.250. The van der Waals surface area contributed by atoms with E-state index in [1.807, 2.05) is 30.3 Å². The second kappa shape index (κ2) is 9.50. The molecule has 0 aliphatic carbocycles. The van der Waals surface area contributed by atoms with Crippen molar-refractivity contribution in [1.29, 1.82) is 0 Å². The van der Waals surface area contributed by atoms with Gasteiger partial charge >= 0.3 is 0 Å². The van der Waals surface area contributed by atoms with Crippen LogP contribution in [0.2, 0.25) is 0 Å². The highest BCUT2D eigenvalue weighted by Gasteiger charge is 2.07. The van der Waals surface area contributed by atoms with Crippen molar-refractivity contribution in [1.82, 2.24) is 25.8 Å². The Bertz CT molecular complexity index is 922. The van der Waals surface area contributed by atoms with Gasteiger partial charge in [0.1, 0.15) is 17.4 Å². The van der Waals surface area contributed by atoms with E-state index >= 15 is 0 Å². The van der Waals surface area contributed by atoms with Gasteiger partial charge in [0.05, 0.1) is 13.7 Å². The molecule has 1 heterocycles. The Hall–Kier alpha value is -3.42. The van der Waals surface area contributed by atoms with Crippen molar-refractivity contribution < 1.29 is 9.13 Å². The molecule has 3 aromatic rings. The maximum atomic E-state index is 13.2. The second-order valence-electron chi connectivity index (χ2n) is 6.07. The number of hydrogen-bond acceptors (Lipinski definition) is 4. The summed E-state index contributed by atoms with van der Waals surface area (Å²) in [5.41, 5.74) is 1.84. The number of guanidine groups is 1. The standard InChI is InChI=1S/C20H23FN6O/c1-22-20(23-11-10-14-4-3-5-16(21)12-14)24-13-18-25-19(27-26-18)15-6-8-17(28-2)9-7-15/h3-9,12H,10-11,13H2,1-2H3,(H2,22,23,24)(H,25,26,27). The molecule has 0 radical (unpaired) electrons. The number of hydrogen-bond donors (Lipinski definition) is 3. The monoisotopic (exact) mass is 382 g/mol. The number of aliphatic imine (C=N–C) groups is 1. The van der Waals surface area contributed by atoms with E-state index in [1.54, 1.807) is 20.2 Å². The number of halogens is 1. The summed E-state index contributed by atoms with van der Waals surface area (Å²) in [7, 11) is 3.32. The van der Waals surface area contributed by atoms with Crippen LogP contribution in [0.5, 0.6) is 5.75 Å². The van der Waals surface area contributed by atoms with Gasteiger partial charge in [-0.3, -0.25) is 10.1 Å². The van der Waals surface area contributed by atoms with Gasteiger partial charge in [0.15, 0.2) is 11.8 Å². The first-order valence-corrected chi connectivity index (χ1v) is 8.92. The molecule has 146 valence electrons. The summed E-state index contributed by atoms with van der Waals surface area (Å²) >= 11 is 0. The third kappa shape index (κ3) is 5.29. The Labute approximate surface area is 163 Å². The summed E-state index contributed by atoms with van der Waals surface area (Å²) in [6.07, 6.45) is 0.697. The number of aromatic amines is 1. The zero-order valence-corrected chi connectivity index (χ0v) is 15.9. The maximum absolute atomic E-state index is 13.2. The summed E-state index contributed by atoms with van der Waals surface area (Å²) in [5.74, 6) is 2.51. The van der Waals surface area contributed by atoms with Crippen molar-refractivity contribution in [2.24, 2.45) is 4.99 Å². The van der Waals surface area contributed by atoms with Gasteiger partial charge < -0.3 is 15.4 Å². The molecule has 1 aromatic heterocycles. The average Bonchev–Trinajstić information content (AvgIpc) is 3.19. The minimum atomic E-state index is -0.224. The molecule has 0 spiro atoms. The molecule has 2 aromatic carbocycles. The molecule has 7 nitrogen and oxygen atoms in total. The van der Waals surface area contributed by atoms with Gasteiger partial charge in [0.2, 0.25) is 0 Å². The third-order valence-electron chi connectivity index (χ3n) is 4.12. The van der Waals surface area contributed by atoms with Crippen LogP contribution >= 0.6 is 0 Å². The van der Waals surface area contributed by atoms with Crippen LogP contribution < -0.4 is 15.4 Å². The van der Waals surface area contributed by atoms with Crippen LogP contribution in [0.1, 0.15) is 11.4 Å². The van der Waals surface area contributed by atoms with Crippen molar-refractivity contribution >= 4 is 5.96 Å². The number of nitrogens with one attached hydrogen (secondary N) is 3. The second-order valence-corrected chi connectivity index (χ2v) is 6.07. The van der Waals surface area contributed by atoms with Gasteiger partial charge in [-0.2, -0.15) is 5.10 Å². The Kier molecular flexibility index (Phi) is 6.56. The van der Waals surface area contributed by atoms with Crippen molar-refractivity contribution in [3.05, 3.63) is 65.7 Å². The van der Waals surface area contributed by atoms with E-state index in [0.29, 0.717) is 37.1 Å². The zero-order valence-electron chi connectivity index (χ0n) is 15.9. The highest BCUT2D eigenvalue weighted by Crippen LogP contribution is 2.18. The first-order valence-electron chi connectivity index (χ1n) is 8.92. The Morgan fingerprint density at radius 2 is 2.00 bits per heavy atom. The maximum Gasteiger partial charge on any atom is 0.191 e. The predicted octanol–water partition coefficient (Wildman–Crippen LogP) is 2.53. The molecular formula is C20H23FN6O. The topological polar surface area (TPSA) is 87.2 Å². The lowest BCUT2D eigenvalue weighted by Crippen LogP contribution is -2.38. The fourth-order valence-corrected chi connectivity index (χ4v) is 2.65. The summed E-state index contributed by atoms with van der Waals surface area (Å²) in [6, 6.07) is 14.1. The SMILES string of the molecule is CN=C(NCCc1cccc(F)c1)NCc1nc(-c2ccc(OC)cc2)n[nH]1. The molecule has 3 N–H and O–H groups in total. The quantitative estimate of drug-likeness (QED) is 0.432. The molecule has 0 atom stereocenters. The molecule has 0 saturated heterocycles. The largest absolute Gasteiger partial charge is 0.497 e. The number of H-pyrrole nitrogens is 1. The van der Waals surface area contributed by atoms with Crippen LogP contribution in [0.15, 0.2) is 53.5 Å². The Morgan fingerprint density at radius 1 is 1.18 bits per heavy atom. The van der Waals surface area contributed by atoms with Gasteiger partial charge in [-0.1, -0.05) is 12.1 Å². The lowest BCUT2D eigenvalue weighted by Gasteiger charge is -2.10. The van der Waals surface area contributed by atoms with Gasteiger partial charge in [0, 0.05) is 19.2 Å². The van der Waals surface area contributed by atoms with Crippen molar-refractivity contribution in [3.63, 3.8) is 0 Å². The molecule has 0 unspecified atom stereocenters. The highest BCUT2D eigenvalue weighted by atomic mass is 19.1. The summed E-state index contributed by atoms with van der Waals surface area (Å²) in [4.78, 5) is 8.67. The molecule has 0 aliphatic rings. The number of nitrogens with zero attached hydrogens (tertiary/aromatic N) is 3. The summed E-state index contributed by atoms with van der Waals surface area (Å²) < 4.78 is 18.4. The fourth-order valence-electron chi connectivity index (χ4n) is 2.65.